The second kappa shape index (κ2) is 8.55. The van der Waals surface area contributed by atoms with Crippen LogP contribution in [-0.2, 0) is 4.79 Å². The van der Waals surface area contributed by atoms with Gasteiger partial charge in [-0.05, 0) is 68.4 Å². The number of carboxylic acids is 1. The van der Waals surface area contributed by atoms with Gasteiger partial charge in [-0.3, -0.25) is 9.69 Å². The molecule has 1 aliphatic heterocycles. The molecule has 0 bridgehead atoms. The molecule has 1 saturated heterocycles. The first-order chi connectivity index (χ1) is 12.5. The number of aryl methyl sites for hydroxylation is 1. The first-order valence-corrected chi connectivity index (χ1v) is 10.6. The first kappa shape index (κ1) is 19.4. The molecule has 2 unspecified atom stereocenters. The van der Waals surface area contributed by atoms with Gasteiger partial charge in [-0.25, -0.2) is 0 Å². The summed E-state index contributed by atoms with van der Waals surface area (Å²) in [4.78, 5) is 15.2. The van der Waals surface area contributed by atoms with E-state index in [1.807, 2.05) is 19.1 Å². The van der Waals surface area contributed by atoms with Crippen LogP contribution in [0, 0.1) is 6.92 Å². The molecule has 2 atom stereocenters. The van der Waals surface area contributed by atoms with Gasteiger partial charge in [0.1, 0.15) is 11.8 Å². The Bertz CT molecular complexity index is 776. The fourth-order valence-electron chi connectivity index (χ4n) is 3.64. The zero-order chi connectivity index (χ0) is 18.7. The molecule has 0 aliphatic carbocycles. The number of hydrogen-bond donors (Lipinski definition) is 1. The lowest BCUT2D eigenvalue weighted by molar-refractivity contribution is -0.145. The predicted octanol–water partition coefficient (Wildman–Crippen LogP) is 5.25. The minimum absolute atomic E-state index is 0.117. The second-order valence-electron chi connectivity index (χ2n) is 6.63. The van der Waals surface area contributed by atoms with Gasteiger partial charge in [0.05, 0.1) is 12.6 Å². The monoisotopic (exact) mass is 437 g/mol. The van der Waals surface area contributed by atoms with Crippen LogP contribution in [0.5, 0.6) is 5.75 Å². The van der Waals surface area contributed by atoms with Crippen LogP contribution < -0.4 is 4.74 Å². The molecule has 140 valence electrons. The molecule has 1 aromatic carbocycles. The van der Waals surface area contributed by atoms with Crippen molar-refractivity contribution in [1.82, 2.24) is 4.90 Å². The number of carboxylic acid groups (broad SMARTS) is 1. The summed E-state index contributed by atoms with van der Waals surface area (Å²) in [6, 6.07) is 7.59. The third-order valence-corrected chi connectivity index (χ3v) is 6.34. The van der Waals surface area contributed by atoms with E-state index in [1.165, 1.54) is 5.56 Å². The Morgan fingerprint density at radius 1 is 1.42 bits per heavy atom. The van der Waals surface area contributed by atoms with Crippen LogP contribution in [0.15, 0.2) is 34.1 Å². The standard InChI is InChI=1S/C20H24BrNO3S/c1-3-25-17-8-7-14(21)11-15(17)19(18-10-13(2)12-26-18)22-9-5-4-6-16(22)20(23)24/h7-8,10-12,16,19H,3-6,9H2,1-2H3,(H,23,24). The SMILES string of the molecule is CCOc1ccc(Br)cc1C(c1cc(C)cs1)N1CCCCC1C(=O)O. The van der Waals surface area contributed by atoms with E-state index >= 15 is 0 Å². The molecule has 4 nitrogen and oxygen atoms in total. The molecule has 0 amide bonds. The highest BCUT2D eigenvalue weighted by Crippen LogP contribution is 2.41. The molecular weight excluding hydrogens is 414 g/mol. The van der Waals surface area contributed by atoms with E-state index < -0.39 is 12.0 Å². The van der Waals surface area contributed by atoms with E-state index in [2.05, 4.69) is 45.3 Å². The zero-order valence-electron chi connectivity index (χ0n) is 15.1. The molecule has 2 aromatic rings. The van der Waals surface area contributed by atoms with Gasteiger partial charge in [-0.2, -0.15) is 0 Å². The van der Waals surface area contributed by atoms with Gasteiger partial charge in [0.2, 0.25) is 0 Å². The Balaban J connectivity index is 2.13. The number of halogens is 1. The minimum atomic E-state index is -0.740. The van der Waals surface area contributed by atoms with Crippen molar-refractivity contribution in [1.29, 1.82) is 0 Å². The number of hydrogen-bond acceptors (Lipinski definition) is 4. The molecule has 3 rings (SSSR count). The Morgan fingerprint density at radius 3 is 2.88 bits per heavy atom. The maximum atomic E-state index is 11.9. The topological polar surface area (TPSA) is 49.8 Å². The Morgan fingerprint density at radius 2 is 2.23 bits per heavy atom. The van der Waals surface area contributed by atoms with Gasteiger partial charge in [0.25, 0.3) is 0 Å². The highest BCUT2D eigenvalue weighted by molar-refractivity contribution is 9.10. The van der Waals surface area contributed by atoms with Crippen molar-refractivity contribution < 1.29 is 14.6 Å². The summed E-state index contributed by atoms with van der Waals surface area (Å²) in [6.07, 6.45) is 2.66. The lowest BCUT2D eigenvalue weighted by atomic mass is 9.94. The third-order valence-electron chi connectivity index (χ3n) is 4.75. The molecule has 1 aliphatic rings. The average Bonchev–Trinajstić information content (AvgIpc) is 3.04. The van der Waals surface area contributed by atoms with Crippen LogP contribution in [0.3, 0.4) is 0 Å². The predicted molar refractivity (Wildman–Crippen MR) is 108 cm³/mol. The van der Waals surface area contributed by atoms with Crippen LogP contribution >= 0.6 is 27.3 Å². The average molecular weight is 438 g/mol. The van der Waals surface area contributed by atoms with Gasteiger partial charge in [-0.1, -0.05) is 22.4 Å². The van der Waals surface area contributed by atoms with Gasteiger partial charge in [0, 0.05) is 14.9 Å². The summed E-state index contributed by atoms with van der Waals surface area (Å²) >= 11 is 5.26. The number of carbonyl (C=O) groups is 1. The van der Waals surface area contributed by atoms with E-state index in [4.69, 9.17) is 4.74 Å². The van der Waals surface area contributed by atoms with E-state index in [-0.39, 0.29) is 6.04 Å². The lowest BCUT2D eigenvalue weighted by Gasteiger charge is -2.39. The summed E-state index contributed by atoms with van der Waals surface area (Å²) in [5, 5.41) is 11.9. The second-order valence-corrected chi connectivity index (χ2v) is 8.49. The molecule has 0 saturated carbocycles. The highest BCUT2D eigenvalue weighted by Gasteiger charge is 2.37. The quantitative estimate of drug-likeness (QED) is 0.670. The number of piperidine rings is 1. The van der Waals surface area contributed by atoms with Crippen LogP contribution in [0.1, 0.15) is 48.2 Å². The number of likely N-dealkylation sites (tertiary alicyclic amines) is 1. The maximum Gasteiger partial charge on any atom is 0.320 e. The van der Waals surface area contributed by atoms with Crippen molar-refractivity contribution in [2.45, 2.75) is 45.2 Å². The molecule has 6 heteroatoms. The van der Waals surface area contributed by atoms with Crippen molar-refractivity contribution in [2.75, 3.05) is 13.2 Å². The number of benzene rings is 1. The van der Waals surface area contributed by atoms with E-state index in [0.717, 1.165) is 40.0 Å². The number of nitrogens with zero attached hydrogens (tertiary/aromatic N) is 1. The van der Waals surface area contributed by atoms with Crippen molar-refractivity contribution in [3.05, 3.63) is 50.1 Å². The maximum absolute atomic E-state index is 11.9. The largest absolute Gasteiger partial charge is 0.494 e. The summed E-state index contributed by atoms with van der Waals surface area (Å²) < 4.78 is 6.87. The van der Waals surface area contributed by atoms with Crippen molar-refractivity contribution in [3.8, 4) is 5.75 Å². The van der Waals surface area contributed by atoms with E-state index in [0.29, 0.717) is 13.0 Å². The normalized spacial score (nSPS) is 19.3. The lowest BCUT2D eigenvalue weighted by Crippen LogP contribution is -2.46. The molecule has 0 spiro atoms. The molecule has 1 fully saturated rings. The van der Waals surface area contributed by atoms with Crippen molar-refractivity contribution >= 4 is 33.2 Å². The molecule has 2 heterocycles. The third kappa shape index (κ3) is 4.13. The van der Waals surface area contributed by atoms with Gasteiger partial charge < -0.3 is 9.84 Å². The fourth-order valence-corrected chi connectivity index (χ4v) is 5.05. The Kier molecular flexibility index (Phi) is 6.37. The summed E-state index contributed by atoms with van der Waals surface area (Å²) in [5.74, 6) is 0.0809. The molecular formula is C20H24BrNO3S. The number of rotatable bonds is 6. The van der Waals surface area contributed by atoms with Gasteiger partial charge in [-0.15, -0.1) is 11.3 Å². The van der Waals surface area contributed by atoms with Crippen LogP contribution in [0.2, 0.25) is 0 Å². The van der Waals surface area contributed by atoms with Gasteiger partial charge in [0.15, 0.2) is 0 Å². The van der Waals surface area contributed by atoms with E-state index in [1.54, 1.807) is 11.3 Å². The van der Waals surface area contributed by atoms with Crippen LogP contribution in [-0.4, -0.2) is 35.2 Å². The van der Waals surface area contributed by atoms with Crippen LogP contribution in [0.25, 0.3) is 0 Å². The molecule has 0 radical (unpaired) electrons. The zero-order valence-corrected chi connectivity index (χ0v) is 17.5. The highest BCUT2D eigenvalue weighted by atomic mass is 79.9. The summed E-state index contributed by atoms with van der Waals surface area (Å²) in [7, 11) is 0. The molecule has 26 heavy (non-hydrogen) atoms. The van der Waals surface area contributed by atoms with Crippen LogP contribution in [0.4, 0.5) is 0 Å². The van der Waals surface area contributed by atoms with E-state index in [9.17, 15) is 9.90 Å². The fraction of sp³-hybridized carbons (Fsp3) is 0.450. The number of ether oxygens (including phenoxy) is 1. The summed E-state index contributed by atoms with van der Waals surface area (Å²) in [6.45, 7) is 5.40. The Labute approximate surface area is 166 Å². The summed E-state index contributed by atoms with van der Waals surface area (Å²) in [5.41, 5.74) is 2.23. The first-order valence-electron chi connectivity index (χ1n) is 8.97. The molecule has 1 aromatic heterocycles. The minimum Gasteiger partial charge on any atom is -0.494 e. The number of thiophene rings is 1. The van der Waals surface area contributed by atoms with Crippen molar-refractivity contribution in [3.63, 3.8) is 0 Å². The molecule has 1 N–H and O–H groups in total. The van der Waals surface area contributed by atoms with Crippen molar-refractivity contribution in [2.24, 2.45) is 0 Å². The Hall–Kier alpha value is -1.37. The smallest absolute Gasteiger partial charge is 0.320 e. The van der Waals surface area contributed by atoms with Gasteiger partial charge >= 0.3 is 5.97 Å². The number of aliphatic carboxylic acids is 1.